The quantitative estimate of drug-likeness (QED) is 0.493. The summed E-state index contributed by atoms with van der Waals surface area (Å²) in [5.41, 5.74) is 0. The normalized spacial score (nSPS) is 14.5. The third-order valence-electron chi connectivity index (χ3n) is 1.66. The van der Waals surface area contributed by atoms with Crippen molar-refractivity contribution in [1.29, 1.82) is 0 Å². The van der Waals surface area contributed by atoms with Gasteiger partial charge in [-0.3, -0.25) is 0 Å². The van der Waals surface area contributed by atoms with Crippen LogP contribution in [0.3, 0.4) is 0 Å². The fourth-order valence-corrected chi connectivity index (χ4v) is 0.890. The lowest BCUT2D eigenvalue weighted by Crippen LogP contribution is -1.96. The fourth-order valence-electron chi connectivity index (χ4n) is 0.890. The first-order valence-electron chi connectivity index (χ1n) is 5.42. The van der Waals surface area contributed by atoms with Gasteiger partial charge in [0.25, 0.3) is 0 Å². The molecule has 0 aromatic rings. The Labute approximate surface area is 72.5 Å². The van der Waals surface area contributed by atoms with Crippen molar-refractivity contribution in [3.63, 3.8) is 0 Å². The molecular weight excluding hydrogens is 136 g/mol. The number of hydrogen-bond acceptors (Lipinski definition) is 1. The molecule has 68 valence electrons. The highest BCUT2D eigenvalue weighted by atomic mass is 16.5. The van der Waals surface area contributed by atoms with E-state index in [0.29, 0.717) is 0 Å². The van der Waals surface area contributed by atoms with Crippen molar-refractivity contribution < 1.29 is 6.11 Å². The van der Waals surface area contributed by atoms with Gasteiger partial charge < -0.3 is 4.74 Å². The van der Waals surface area contributed by atoms with Gasteiger partial charge in [-0.1, -0.05) is 39.5 Å². The Morgan fingerprint density at radius 2 is 1.64 bits per heavy atom. The first-order valence-corrected chi connectivity index (χ1v) is 4.85. The van der Waals surface area contributed by atoms with E-state index < -0.39 is 0 Å². The van der Waals surface area contributed by atoms with Gasteiger partial charge in [-0.15, -0.1) is 0 Å². The summed E-state index contributed by atoms with van der Waals surface area (Å²) in [6.45, 7) is 4.81. The molecule has 0 aromatic heterocycles. The lowest BCUT2D eigenvalue weighted by atomic mass is 10.2. The second-order valence-corrected chi connectivity index (χ2v) is 2.89. The molecule has 0 amide bonds. The predicted octanol–water partition coefficient (Wildman–Crippen LogP) is 3.38. The van der Waals surface area contributed by atoms with Crippen LogP contribution in [0.4, 0.5) is 0 Å². The van der Waals surface area contributed by atoms with Gasteiger partial charge in [0, 0.05) is 13.2 Å². The van der Waals surface area contributed by atoms with Crippen molar-refractivity contribution in [3.05, 3.63) is 0 Å². The van der Waals surface area contributed by atoms with Crippen LogP contribution in [-0.4, -0.2) is 13.2 Å². The summed E-state index contributed by atoms with van der Waals surface area (Å²) in [4.78, 5) is 0. The highest BCUT2D eigenvalue weighted by molar-refractivity contribution is 4.38. The Morgan fingerprint density at radius 3 is 2.27 bits per heavy atom. The van der Waals surface area contributed by atoms with Gasteiger partial charge in [0.05, 0.1) is 1.37 Å². The van der Waals surface area contributed by atoms with Gasteiger partial charge >= 0.3 is 0 Å². The molecule has 0 saturated heterocycles. The van der Waals surface area contributed by atoms with Crippen LogP contribution in [0, 0.1) is 0 Å². The summed E-state index contributed by atoms with van der Waals surface area (Å²) in [7, 11) is 0. The van der Waals surface area contributed by atoms with Crippen LogP contribution < -0.4 is 0 Å². The van der Waals surface area contributed by atoms with Crippen molar-refractivity contribution in [2.24, 2.45) is 0 Å². The Kier molecular flexibility index (Phi) is 8.20. The van der Waals surface area contributed by atoms with E-state index >= 15 is 0 Å². The van der Waals surface area contributed by atoms with Gasteiger partial charge in [0.2, 0.25) is 0 Å². The minimum absolute atomic E-state index is 0.276. The molecule has 1 unspecified atom stereocenters. The molecule has 1 atom stereocenters. The van der Waals surface area contributed by atoms with Gasteiger partial charge in [0.15, 0.2) is 0 Å². The Balaban J connectivity index is 3.02. The predicted molar refractivity (Wildman–Crippen MR) is 49.9 cm³/mol. The number of ether oxygens (including phenoxy) is 1. The SMILES string of the molecule is [2H]C(CCCC)OCCCCC. The summed E-state index contributed by atoms with van der Waals surface area (Å²) < 4.78 is 12.8. The van der Waals surface area contributed by atoms with E-state index in [2.05, 4.69) is 13.8 Å². The standard InChI is InChI=1S/C10H22O/c1-3-5-7-9-11-10-8-6-4-2/h3-10H2,1-2H3/i9D. The average Bonchev–Trinajstić information content (AvgIpc) is 2.09. The first-order chi connectivity index (χ1) is 5.81. The summed E-state index contributed by atoms with van der Waals surface area (Å²) in [6.07, 6.45) is 6.72. The minimum atomic E-state index is -0.276. The van der Waals surface area contributed by atoms with Crippen molar-refractivity contribution >= 4 is 0 Å². The third-order valence-corrected chi connectivity index (χ3v) is 1.66. The zero-order chi connectivity index (χ0) is 9.23. The number of hydrogen-bond donors (Lipinski definition) is 0. The zero-order valence-corrected chi connectivity index (χ0v) is 7.94. The van der Waals surface area contributed by atoms with Gasteiger partial charge in [-0.05, 0) is 12.8 Å². The van der Waals surface area contributed by atoms with E-state index in [0.717, 1.165) is 32.3 Å². The minimum Gasteiger partial charge on any atom is -0.381 e. The van der Waals surface area contributed by atoms with Crippen LogP contribution in [0.1, 0.15) is 53.7 Å². The first kappa shape index (κ1) is 9.05. The largest absolute Gasteiger partial charge is 0.381 e. The van der Waals surface area contributed by atoms with Crippen LogP contribution in [0.5, 0.6) is 0 Å². The van der Waals surface area contributed by atoms with E-state index in [9.17, 15) is 0 Å². The summed E-state index contributed by atoms with van der Waals surface area (Å²) in [5.74, 6) is 0. The molecule has 0 rings (SSSR count). The van der Waals surface area contributed by atoms with E-state index in [4.69, 9.17) is 6.11 Å². The molecule has 11 heavy (non-hydrogen) atoms. The molecular formula is C10H22O. The van der Waals surface area contributed by atoms with E-state index in [-0.39, 0.29) is 6.58 Å². The molecule has 0 fully saturated rings. The van der Waals surface area contributed by atoms with Crippen LogP contribution in [-0.2, 0) is 4.74 Å². The number of rotatable bonds is 8. The van der Waals surface area contributed by atoms with Crippen LogP contribution in [0.2, 0.25) is 0 Å². The highest BCUT2D eigenvalue weighted by Crippen LogP contribution is 1.97. The molecule has 0 aliphatic rings. The lowest BCUT2D eigenvalue weighted by Gasteiger charge is -2.01. The molecule has 1 nitrogen and oxygen atoms in total. The lowest BCUT2D eigenvalue weighted by molar-refractivity contribution is 0.126. The van der Waals surface area contributed by atoms with Gasteiger partial charge in [-0.25, -0.2) is 0 Å². The highest BCUT2D eigenvalue weighted by Gasteiger charge is 1.88. The monoisotopic (exact) mass is 159 g/mol. The molecule has 0 N–H and O–H groups in total. The topological polar surface area (TPSA) is 9.23 Å². The van der Waals surface area contributed by atoms with E-state index in [1.54, 1.807) is 0 Å². The van der Waals surface area contributed by atoms with E-state index in [1.165, 1.54) is 12.8 Å². The third kappa shape index (κ3) is 9.96. The smallest absolute Gasteiger partial charge is 0.0567 e. The van der Waals surface area contributed by atoms with Gasteiger partial charge in [0.1, 0.15) is 0 Å². The van der Waals surface area contributed by atoms with Crippen molar-refractivity contribution in [3.8, 4) is 0 Å². The van der Waals surface area contributed by atoms with Crippen LogP contribution in [0.25, 0.3) is 0 Å². The van der Waals surface area contributed by atoms with Crippen LogP contribution in [0.15, 0.2) is 0 Å². The summed E-state index contributed by atoms with van der Waals surface area (Å²) in [5, 5.41) is 0. The molecule has 0 bridgehead atoms. The van der Waals surface area contributed by atoms with Crippen molar-refractivity contribution in [1.82, 2.24) is 0 Å². The second kappa shape index (κ2) is 9.96. The molecule has 1 heteroatoms. The number of unbranched alkanes of at least 4 members (excludes halogenated alkanes) is 3. The maximum Gasteiger partial charge on any atom is 0.0567 e. The Morgan fingerprint density at radius 1 is 1.00 bits per heavy atom. The Hall–Kier alpha value is -0.0400. The zero-order valence-electron chi connectivity index (χ0n) is 8.94. The summed E-state index contributed by atoms with van der Waals surface area (Å²) >= 11 is 0. The maximum absolute atomic E-state index is 7.49. The average molecular weight is 159 g/mol. The molecule has 0 radical (unpaired) electrons. The molecule has 0 saturated carbocycles. The second-order valence-electron chi connectivity index (χ2n) is 2.89. The molecule has 0 spiro atoms. The maximum atomic E-state index is 7.49. The van der Waals surface area contributed by atoms with E-state index in [1.807, 2.05) is 0 Å². The molecule has 0 aliphatic heterocycles. The Bertz CT molecular complexity index is 85.9. The van der Waals surface area contributed by atoms with Gasteiger partial charge in [-0.2, -0.15) is 0 Å². The summed E-state index contributed by atoms with van der Waals surface area (Å²) in [6, 6.07) is 0. The van der Waals surface area contributed by atoms with Crippen LogP contribution >= 0.6 is 0 Å². The van der Waals surface area contributed by atoms with Crippen molar-refractivity contribution in [2.45, 2.75) is 52.4 Å². The molecule has 0 aromatic carbocycles. The van der Waals surface area contributed by atoms with Crippen molar-refractivity contribution in [2.75, 3.05) is 13.2 Å². The molecule has 0 aliphatic carbocycles. The fraction of sp³-hybridized carbons (Fsp3) is 1.00. The molecule has 0 heterocycles.